The van der Waals surface area contributed by atoms with Crippen molar-refractivity contribution in [3.05, 3.63) is 108 Å². The first-order valence-corrected chi connectivity index (χ1v) is 10.3. The third kappa shape index (κ3) is 6.00. The van der Waals surface area contributed by atoms with Crippen LogP contribution in [-0.4, -0.2) is 31.5 Å². The van der Waals surface area contributed by atoms with Crippen molar-refractivity contribution in [3.8, 4) is 0 Å². The minimum atomic E-state index is -0.824. The highest BCUT2D eigenvalue weighted by Crippen LogP contribution is 2.24. The van der Waals surface area contributed by atoms with Crippen molar-refractivity contribution in [2.45, 2.75) is 38.1 Å². The van der Waals surface area contributed by atoms with Gasteiger partial charge in [-0.15, -0.1) is 0 Å². The summed E-state index contributed by atoms with van der Waals surface area (Å²) in [6.07, 6.45) is -1.24. The number of rotatable bonds is 10. The van der Waals surface area contributed by atoms with Crippen LogP contribution in [0.1, 0.15) is 18.1 Å². The predicted octanol–water partition coefficient (Wildman–Crippen LogP) is 4.77. The molecule has 30 heavy (non-hydrogen) atoms. The van der Waals surface area contributed by atoms with Gasteiger partial charge in [-0.2, -0.15) is 0 Å². The van der Waals surface area contributed by atoms with E-state index in [1.165, 1.54) is 0 Å². The molecule has 1 aliphatic rings. The van der Waals surface area contributed by atoms with Gasteiger partial charge >= 0.3 is 0 Å². The van der Waals surface area contributed by atoms with Crippen molar-refractivity contribution in [1.29, 1.82) is 0 Å². The quantitative estimate of drug-likeness (QED) is 0.487. The molecule has 0 aliphatic carbocycles. The zero-order chi connectivity index (χ0) is 21.3. The molecular formula is C26H28O4. The van der Waals surface area contributed by atoms with Crippen LogP contribution in [0.2, 0.25) is 0 Å². The van der Waals surface area contributed by atoms with Gasteiger partial charge in [-0.3, -0.25) is 0 Å². The average molecular weight is 406 g/mol. The molecule has 0 N–H and O–H groups in total. The largest absolute Gasteiger partial charge is 0.374 e. The fraction of sp³-hybridized carbons (Fsp3) is 0.308. The predicted molar refractivity (Wildman–Crippen MR) is 116 cm³/mol. The number of ether oxygens (including phenoxy) is 4. The zero-order valence-electron chi connectivity index (χ0n) is 17.9. The molecule has 3 aromatic carbocycles. The van der Waals surface area contributed by atoms with Crippen LogP contribution in [0.3, 0.4) is 0 Å². The molecule has 0 bridgehead atoms. The molecule has 1 unspecified atom stereocenters. The number of hydrogen-bond donors (Lipinski definition) is 0. The zero-order valence-corrected chi connectivity index (χ0v) is 16.9. The van der Waals surface area contributed by atoms with Gasteiger partial charge < -0.3 is 18.9 Å². The average Bonchev–Trinajstić information content (AvgIpc) is 3.12. The fourth-order valence-electron chi connectivity index (χ4n) is 3.42. The summed E-state index contributed by atoms with van der Waals surface area (Å²) in [5, 5.41) is 0. The Morgan fingerprint density at radius 2 is 1.20 bits per heavy atom. The van der Waals surface area contributed by atoms with Gasteiger partial charge in [0.05, 0.1) is 34.4 Å². The van der Waals surface area contributed by atoms with Crippen molar-refractivity contribution in [2.75, 3.05) is 13.2 Å². The monoisotopic (exact) mass is 405 g/mol. The van der Waals surface area contributed by atoms with Gasteiger partial charge in [-0.25, -0.2) is 0 Å². The van der Waals surface area contributed by atoms with E-state index in [0.717, 1.165) is 16.7 Å². The second kappa shape index (κ2) is 11.0. The number of hydrogen-bond acceptors (Lipinski definition) is 4. The maximum absolute atomic E-state index is 8.42. The van der Waals surface area contributed by atoms with Crippen LogP contribution < -0.4 is 0 Å². The van der Waals surface area contributed by atoms with Crippen LogP contribution >= 0.6 is 0 Å². The first-order chi connectivity index (χ1) is 15.3. The van der Waals surface area contributed by atoms with Gasteiger partial charge in [0.25, 0.3) is 0 Å². The third-order valence-corrected chi connectivity index (χ3v) is 5.04. The van der Waals surface area contributed by atoms with Gasteiger partial charge in [0.1, 0.15) is 18.3 Å². The standard InChI is InChI=1S/C26H28O4/c1-4-10-21(11-5-1)16-27-19-24-26(30-18-23-14-8-3-9-15-23)25(20-29-24)28-17-22-12-6-2-7-13-22/h1-15,24-26H,16-20H2/t24-,25-,26+/m1/s1/i20D/t20?,24-,25-,26+. The molecule has 4 heteroatoms. The molecule has 1 aliphatic heterocycles. The summed E-state index contributed by atoms with van der Waals surface area (Å²) < 4.78 is 32.5. The molecule has 0 aromatic heterocycles. The molecule has 1 heterocycles. The lowest BCUT2D eigenvalue weighted by Gasteiger charge is -2.24. The molecule has 0 amide bonds. The summed E-state index contributed by atoms with van der Waals surface area (Å²) in [6, 6.07) is 30.0. The second-order valence-corrected chi connectivity index (χ2v) is 7.33. The maximum atomic E-state index is 8.42. The van der Waals surface area contributed by atoms with Gasteiger partial charge in [-0.05, 0) is 16.7 Å². The van der Waals surface area contributed by atoms with E-state index in [-0.39, 0.29) is 12.2 Å². The van der Waals surface area contributed by atoms with Crippen molar-refractivity contribution >= 4 is 0 Å². The van der Waals surface area contributed by atoms with E-state index in [1.807, 2.05) is 91.0 Å². The molecule has 4 atom stereocenters. The van der Waals surface area contributed by atoms with E-state index in [2.05, 4.69) is 0 Å². The summed E-state index contributed by atoms with van der Waals surface area (Å²) in [4.78, 5) is 0. The van der Waals surface area contributed by atoms with Crippen molar-refractivity contribution in [1.82, 2.24) is 0 Å². The van der Waals surface area contributed by atoms with Crippen molar-refractivity contribution < 1.29 is 20.3 Å². The topological polar surface area (TPSA) is 36.9 Å². The van der Waals surface area contributed by atoms with Crippen molar-refractivity contribution in [3.63, 3.8) is 0 Å². The van der Waals surface area contributed by atoms with E-state index >= 15 is 0 Å². The highest BCUT2D eigenvalue weighted by molar-refractivity contribution is 5.15. The maximum Gasteiger partial charge on any atom is 0.115 e. The molecule has 1 saturated heterocycles. The first-order valence-electron chi connectivity index (χ1n) is 10.9. The van der Waals surface area contributed by atoms with Gasteiger partial charge in [0.15, 0.2) is 0 Å². The summed E-state index contributed by atoms with van der Waals surface area (Å²) in [6.45, 7) is 0.851. The minimum Gasteiger partial charge on any atom is -0.374 e. The second-order valence-electron chi connectivity index (χ2n) is 7.33. The Bertz CT molecular complexity index is 891. The van der Waals surface area contributed by atoms with Gasteiger partial charge in [0, 0.05) is 0 Å². The minimum absolute atomic E-state index is 0.342. The van der Waals surface area contributed by atoms with Gasteiger partial charge in [0.2, 0.25) is 0 Å². The fourth-order valence-corrected chi connectivity index (χ4v) is 3.42. The Hall–Kier alpha value is -2.50. The van der Waals surface area contributed by atoms with Crippen LogP contribution in [0.15, 0.2) is 91.0 Å². The molecule has 1 fully saturated rings. The Labute approximate surface area is 179 Å². The summed E-state index contributed by atoms with van der Waals surface area (Å²) >= 11 is 0. The van der Waals surface area contributed by atoms with Crippen LogP contribution in [-0.2, 0) is 38.8 Å². The Kier molecular flexibility index (Phi) is 7.16. The molecule has 0 spiro atoms. The van der Waals surface area contributed by atoms with Crippen LogP contribution in [0.4, 0.5) is 0 Å². The summed E-state index contributed by atoms with van der Waals surface area (Å²) in [7, 11) is 0. The third-order valence-electron chi connectivity index (χ3n) is 5.04. The molecule has 3 aromatic rings. The van der Waals surface area contributed by atoms with Crippen molar-refractivity contribution in [2.24, 2.45) is 0 Å². The van der Waals surface area contributed by atoms with E-state index < -0.39 is 12.7 Å². The van der Waals surface area contributed by atoms with Crippen LogP contribution in [0, 0.1) is 0 Å². The van der Waals surface area contributed by atoms with E-state index in [1.54, 1.807) is 0 Å². The lowest BCUT2D eigenvalue weighted by Crippen LogP contribution is -2.37. The smallest absolute Gasteiger partial charge is 0.115 e. The molecule has 0 radical (unpaired) electrons. The first kappa shape index (κ1) is 19.5. The SMILES string of the molecule is [2H]C1O[C@H](COCc2ccccc2)[C@H](OCc2ccccc2)[C@@H]1OCc1ccccc1. The Balaban J connectivity index is 1.39. The normalized spacial score (nSPS) is 23.9. The number of benzene rings is 3. The molecule has 156 valence electrons. The Morgan fingerprint density at radius 1 is 0.700 bits per heavy atom. The lowest BCUT2D eigenvalue weighted by atomic mass is 10.1. The molecule has 4 nitrogen and oxygen atoms in total. The van der Waals surface area contributed by atoms with E-state index in [4.69, 9.17) is 20.3 Å². The van der Waals surface area contributed by atoms with Gasteiger partial charge in [-0.1, -0.05) is 91.0 Å². The lowest BCUT2D eigenvalue weighted by molar-refractivity contribution is -0.0895. The van der Waals surface area contributed by atoms with Crippen LogP contribution in [0.5, 0.6) is 0 Å². The molecular weight excluding hydrogens is 376 g/mol. The highest BCUT2D eigenvalue weighted by atomic mass is 16.6. The summed E-state index contributed by atoms with van der Waals surface area (Å²) in [5.41, 5.74) is 3.23. The molecule has 0 saturated carbocycles. The van der Waals surface area contributed by atoms with Crippen LogP contribution in [0.25, 0.3) is 0 Å². The van der Waals surface area contributed by atoms with E-state index in [9.17, 15) is 0 Å². The summed E-state index contributed by atoms with van der Waals surface area (Å²) in [5.74, 6) is 0. The Morgan fingerprint density at radius 3 is 1.77 bits per heavy atom. The molecule has 4 rings (SSSR count). The van der Waals surface area contributed by atoms with E-state index in [0.29, 0.717) is 26.4 Å². The highest BCUT2D eigenvalue weighted by Gasteiger charge is 2.39.